The summed E-state index contributed by atoms with van der Waals surface area (Å²) in [5, 5.41) is 32.6. The molecule has 3 amide bonds. The Bertz CT molecular complexity index is 1140. The first kappa shape index (κ1) is 48.6. The van der Waals surface area contributed by atoms with Crippen LogP contribution in [0.5, 0.6) is 0 Å². The topological polar surface area (TPSA) is 163 Å². The van der Waals surface area contributed by atoms with Gasteiger partial charge in [0.2, 0.25) is 11.8 Å². The summed E-state index contributed by atoms with van der Waals surface area (Å²) in [6.45, 7) is 3.35. The lowest BCUT2D eigenvalue weighted by atomic mass is 9.93. The van der Waals surface area contributed by atoms with Gasteiger partial charge in [-0.15, -0.1) is 0 Å². The van der Waals surface area contributed by atoms with Crippen molar-refractivity contribution in [3.63, 3.8) is 0 Å². The van der Waals surface area contributed by atoms with Gasteiger partial charge in [-0.1, -0.05) is 179 Å². The largest absolute Gasteiger partial charge is 0.444 e. The highest BCUT2D eigenvalue weighted by Crippen LogP contribution is 2.30. The molecule has 1 heterocycles. The summed E-state index contributed by atoms with van der Waals surface area (Å²) >= 11 is 0. The number of unbranched alkanes of at least 4 members (excludes halogenated alkanes) is 21. The first-order valence-electron chi connectivity index (χ1n) is 21.9. The summed E-state index contributed by atoms with van der Waals surface area (Å²) in [4.78, 5) is 43.3. The predicted molar refractivity (Wildman–Crippen MR) is 218 cm³/mol. The molecule has 0 aromatic heterocycles. The zero-order chi connectivity index (χ0) is 40.1. The van der Waals surface area contributed by atoms with Crippen LogP contribution in [-0.2, 0) is 25.7 Å². The molecule has 0 aliphatic carbocycles. The standard InChI is InChI=1S/C44H77N3O8/c1-3-5-7-9-11-13-15-16-17-18-20-22-27-31-38(49)46(32-28-23-21-19-14-12-10-8-6-4-2)43-40(42(52)41(51)37(34-48)55-43)47(39(50)33-45)44(53)54-35-36-29-25-24-26-30-36/h24-26,29-30,37,40-43,48,51-52H,3-23,27-28,31-35,45H2,1-2H3/t37-,40-,41-,42-,43-/m1/s1. The molecule has 2 rings (SSSR count). The number of hydrogen-bond acceptors (Lipinski definition) is 9. The van der Waals surface area contributed by atoms with Gasteiger partial charge in [0.15, 0.2) is 6.23 Å². The molecule has 316 valence electrons. The number of rotatable bonds is 31. The highest BCUT2D eigenvalue weighted by atomic mass is 16.6. The number of carbonyl (C=O) groups is 3. The fourth-order valence-corrected chi connectivity index (χ4v) is 7.50. The van der Waals surface area contributed by atoms with E-state index in [0.717, 1.165) is 38.5 Å². The number of benzene rings is 1. The van der Waals surface area contributed by atoms with E-state index in [1.54, 1.807) is 24.3 Å². The Labute approximate surface area is 332 Å². The molecular formula is C44H77N3O8. The Morgan fingerprint density at radius 3 is 1.62 bits per heavy atom. The minimum absolute atomic E-state index is 0.148. The van der Waals surface area contributed by atoms with Gasteiger partial charge in [0.25, 0.3) is 0 Å². The Morgan fingerprint density at radius 2 is 1.15 bits per heavy atom. The van der Waals surface area contributed by atoms with E-state index < -0.39 is 55.7 Å². The Hall–Kier alpha value is -2.57. The molecule has 1 aromatic carbocycles. The summed E-state index contributed by atoms with van der Waals surface area (Å²) in [5.41, 5.74) is 6.45. The molecule has 0 bridgehead atoms. The van der Waals surface area contributed by atoms with E-state index in [-0.39, 0.29) is 25.5 Å². The average molecular weight is 776 g/mol. The summed E-state index contributed by atoms with van der Waals surface area (Å²) in [7, 11) is 0. The van der Waals surface area contributed by atoms with Crippen molar-refractivity contribution < 1.29 is 39.2 Å². The van der Waals surface area contributed by atoms with Gasteiger partial charge in [-0.25, -0.2) is 9.69 Å². The first-order valence-corrected chi connectivity index (χ1v) is 21.9. The molecule has 0 unspecified atom stereocenters. The van der Waals surface area contributed by atoms with Crippen molar-refractivity contribution in [1.82, 2.24) is 9.80 Å². The number of carbonyl (C=O) groups excluding carboxylic acids is 3. The number of aliphatic hydroxyl groups excluding tert-OH is 3. The van der Waals surface area contributed by atoms with Crippen molar-refractivity contribution in [2.75, 3.05) is 19.7 Å². The Balaban J connectivity index is 2.14. The Kier molecular flexibility index (Phi) is 27.0. The van der Waals surface area contributed by atoms with Gasteiger partial charge in [-0.2, -0.15) is 0 Å². The van der Waals surface area contributed by atoms with Gasteiger partial charge < -0.3 is 35.4 Å². The van der Waals surface area contributed by atoms with Crippen molar-refractivity contribution >= 4 is 17.9 Å². The van der Waals surface area contributed by atoms with Crippen molar-refractivity contribution in [3.8, 4) is 0 Å². The van der Waals surface area contributed by atoms with Crippen LogP contribution >= 0.6 is 0 Å². The lowest BCUT2D eigenvalue weighted by molar-refractivity contribution is -0.244. The molecular weight excluding hydrogens is 698 g/mol. The third-order valence-corrected chi connectivity index (χ3v) is 10.9. The van der Waals surface area contributed by atoms with Crippen LogP contribution < -0.4 is 5.73 Å². The zero-order valence-corrected chi connectivity index (χ0v) is 34.4. The van der Waals surface area contributed by atoms with E-state index >= 15 is 0 Å². The summed E-state index contributed by atoms with van der Waals surface area (Å²) in [5.74, 6) is -1.08. The normalized spacial score (nSPS) is 19.6. The average Bonchev–Trinajstić information content (AvgIpc) is 3.20. The molecule has 0 spiro atoms. The van der Waals surface area contributed by atoms with Crippen molar-refractivity contribution in [2.24, 2.45) is 5.73 Å². The summed E-state index contributed by atoms with van der Waals surface area (Å²) in [6, 6.07) is 7.43. The second-order valence-corrected chi connectivity index (χ2v) is 15.5. The molecule has 1 aromatic rings. The maximum atomic E-state index is 14.1. The molecule has 0 radical (unpaired) electrons. The molecule has 11 heteroatoms. The molecule has 55 heavy (non-hydrogen) atoms. The number of nitrogens with two attached hydrogens (primary N) is 1. The molecule has 1 aliphatic heterocycles. The van der Waals surface area contributed by atoms with E-state index in [1.807, 2.05) is 6.07 Å². The van der Waals surface area contributed by atoms with Crippen LogP contribution in [0.15, 0.2) is 30.3 Å². The number of ether oxygens (including phenoxy) is 2. The summed E-state index contributed by atoms with van der Waals surface area (Å²) in [6.07, 6.45) is 19.6. The van der Waals surface area contributed by atoms with Crippen molar-refractivity contribution in [3.05, 3.63) is 35.9 Å². The van der Waals surface area contributed by atoms with Crippen LogP contribution in [0.4, 0.5) is 4.79 Å². The van der Waals surface area contributed by atoms with Gasteiger partial charge in [0.05, 0.1) is 13.2 Å². The van der Waals surface area contributed by atoms with Gasteiger partial charge in [-0.05, 0) is 18.4 Å². The number of nitrogens with zero attached hydrogens (tertiary/aromatic N) is 2. The van der Waals surface area contributed by atoms with Crippen molar-refractivity contribution in [2.45, 2.75) is 205 Å². The van der Waals surface area contributed by atoms with Crippen LogP contribution in [0, 0.1) is 0 Å². The van der Waals surface area contributed by atoms with Gasteiger partial charge in [0.1, 0.15) is 31.0 Å². The Morgan fingerprint density at radius 1 is 0.673 bits per heavy atom. The fourth-order valence-electron chi connectivity index (χ4n) is 7.50. The molecule has 5 atom stereocenters. The van der Waals surface area contributed by atoms with E-state index in [1.165, 1.54) is 101 Å². The van der Waals surface area contributed by atoms with Crippen LogP contribution in [-0.4, -0.2) is 93.3 Å². The van der Waals surface area contributed by atoms with E-state index in [9.17, 15) is 29.7 Å². The number of amides is 3. The van der Waals surface area contributed by atoms with Gasteiger partial charge >= 0.3 is 6.09 Å². The van der Waals surface area contributed by atoms with Crippen molar-refractivity contribution in [1.29, 1.82) is 0 Å². The second kappa shape index (κ2) is 30.6. The minimum Gasteiger partial charge on any atom is -0.444 e. The van der Waals surface area contributed by atoms with Crippen LogP contribution in [0.1, 0.15) is 174 Å². The lowest BCUT2D eigenvalue weighted by Crippen LogP contribution is -2.70. The maximum absolute atomic E-state index is 14.1. The lowest BCUT2D eigenvalue weighted by Gasteiger charge is -2.49. The van der Waals surface area contributed by atoms with Crippen LogP contribution in [0.2, 0.25) is 0 Å². The quantitative estimate of drug-likeness (QED) is 0.0546. The number of imide groups is 1. The first-order chi connectivity index (χ1) is 26.8. The van der Waals surface area contributed by atoms with Gasteiger partial charge in [-0.3, -0.25) is 9.59 Å². The number of aliphatic hydroxyl groups is 3. The fraction of sp³-hybridized carbons (Fsp3) is 0.795. The smallest absolute Gasteiger partial charge is 0.417 e. The predicted octanol–water partition coefficient (Wildman–Crippen LogP) is 8.15. The molecule has 1 fully saturated rings. The van der Waals surface area contributed by atoms with E-state index in [4.69, 9.17) is 15.2 Å². The third kappa shape index (κ3) is 19.0. The van der Waals surface area contributed by atoms with Crippen LogP contribution in [0.25, 0.3) is 0 Å². The molecule has 11 nitrogen and oxygen atoms in total. The summed E-state index contributed by atoms with van der Waals surface area (Å²) < 4.78 is 11.7. The monoisotopic (exact) mass is 776 g/mol. The molecule has 1 saturated heterocycles. The SMILES string of the molecule is CCCCCCCCCCCCCCCC(=O)N(CCCCCCCCCCCC)[C@@H]1O[C@H](CO)[C@@H](O)[C@H](O)[C@H]1N(C(=O)CN)C(=O)OCc1ccccc1. The van der Waals surface area contributed by atoms with Crippen LogP contribution in [0.3, 0.4) is 0 Å². The molecule has 5 N–H and O–H groups in total. The molecule has 1 aliphatic rings. The highest BCUT2D eigenvalue weighted by Gasteiger charge is 2.53. The van der Waals surface area contributed by atoms with Gasteiger partial charge in [0, 0.05) is 13.0 Å². The van der Waals surface area contributed by atoms with E-state index in [0.29, 0.717) is 23.3 Å². The highest BCUT2D eigenvalue weighted by molar-refractivity contribution is 5.93. The van der Waals surface area contributed by atoms with E-state index in [2.05, 4.69) is 13.8 Å². The third-order valence-electron chi connectivity index (χ3n) is 10.9. The number of hydrogen-bond donors (Lipinski definition) is 4. The minimum atomic E-state index is -1.74. The second-order valence-electron chi connectivity index (χ2n) is 15.5. The molecule has 0 saturated carbocycles. The maximum Gasteiger partial charge on any atom is 0.417 e. The zero-order valence-electron chi connectivity index (χ0n) is 34.4.